The van der Waals surface area contributed by atoms with Gasteiger partial charge in [0.2, 0.25) is 5.91 Å². The first-order valence-electron chi connectivity index (χ1n) is 10.2. The van der Waals surface area contributed by atoms with Crippen LogP contribution in [0.25, 0.3) is 17.3 Å². The summed E-state index contributed by atoms with van der Waals surface area (Å²) in [6.07, 6.45) is 8.08. The summed E-state index contributed by atoms with van der Waals surface area (Å²) in [6, 6.07) is 6.91. The van der Waals surface area contributed by atoms with Crippen LogP contribution in [0.4, 0.5) is 0 Å². The Labute approximate surface area is 171 Å². The molecule has 2 fully saturated rings. The summed E-state index contributed by atoms with van der Waals surface area (Å²) in [5, 5.41) is 10.9. The minimum absolute atomic E-state index is 0.0445. The Kier molecular flexibility index (Phi) is 5.58. The molecule has 1 N–H and O–H groups in total. The molecule has 0 radical (unpaired) electrons. The highest BCUT2D eigenvalue weighted by atomic mass is 16.2. The van der Waals surface area contributed by atoms with Gasteiger partial charge in [-0.1, -0.05) is 17.3 Å². The van der Waals surface area contributed by atoms with Crippen LogP contribution in [0.15, 0.2) is 35.2 Å². The lowest BCUT2D eigenvalue weighted by Gasteiger charge is -2.31. The zero-order chi connectivity index (χ0) is 20.4. The van der Waals surface area contributed by atoms with Crippen LogP contribution in [-0.2, 0) is 11.8 Å². The molecule has 7 nitrogen and oxygen atoms in total. The number of rotatable bonds is 6. The van der Waals surface area contributed by atoms with E-state index in [1.54, 1.807) is 10.9 Å². The van der Waals surface area contributed by atoms with E-state index in [1.165, 1.54) is 12.8 Å². The Balaban J connectivity index is 1.46. The second-order valence-corrected chi connectivity index (χ2v) is 8.03. The van der Waals surface area contributed by atoms with Gasteiger partial charge in [0.05, 0.1) is 11.9 Å². The number of amides is 1. The van der Waals surface area contributed by atoms with Crippen molar-refractivity contribution in [3.8, 4) is 11.3 Å². The molecule has 0 spiro atoms. The minimum Gasteiger partial charge on any atom is -0.310 e. The van der Waals surface area contributed by atoms with Crippen molar-refractivity contribution in [1.29, 1.82) is 0 Å². The lowest BCUT2D eigenvalue weighted by atomic mass is 9.95. The number of hydrogen-bond acceptors (Lipinski definition) is 5. The van der Waals surface area contributed by atoms with E-state index in [0.717, 1.165) is 54.4 Å². The SMILES string of the molecule is C=N/C(=C\c1cc(-c2cnnn2C)ccc1C)NC(=O)C1CCN(C2CC2)CC1. The summed E-state index contributed by atoms with van der Waals surface area (Å²) in [7, 11) is 1.86. The van der Waals surface area contributed by atoms with E-state index in [9.17, 15) is 4.79 Å². The molecule has 7 heteroatoms. The second-order valence-electron chi connectivity index (χ2n) is 8.03. The molecule has 4 rings (SSSR count). The zero-order valence-electron chi connectivity index (χ0n) is 17.1. The van der Waals surface area contributed by atoms with Crippen LogP contribution in [-0.4, -0.2) is 51.6 Å². The third kappa shape index (κ3) is 4.45. The average Bonchev–Trinajstić information content (AvgIpc) is 3.50. The summed E-state index contributed by atoms with van der Waals surface area (Å²) in [4.78, 5) is 19.3. The van der Waals surface area contributed by atoms with Crippen LogP contribution in [0.3, 0.4) is 0 Å². The molecule has 0 atom stereocenters. The van der Waals surface area contributed by atoms with Crippen LogP contribution in [0.1, 0.15) is 36.8 Å². The number of benzene rings is 1. The molecule has 2 aromatic rings. The Morgan fingerprint density at radius 1 is 1.28 bits per heavy atom. The zero-order valence-corrected chi connectivity index (χ0v) is 17.1. The number of aryl methyl sites for hydroxylation is 2. The minimum atomic E-state index is 0.0445. The molecule has 1 aliphatic carbocycles. The molecule has 1 aliphatic heterocycles. The summed E-state index contributed by atoms with van der Waals surface area (Å²) in [6.45, 7) is 7.72. The van der Waals surface area contributed by atoms with Gasteiger partial charge < -0.3 is 10.2 Å². The largest absolute Gasteiger partial charge is 0.310 e. The molecule has 152 valence electrons. The van der Waals surface area contributed by atoms with Gasteiger partial charge >= 0.3 is 0 Å². The quantitative estimate of drug-likeness (QED) is 0.767. The topological polar surface area (TPSA) is 75.4 Å². The van der Waals surface area contributed by atoms with Crippen molar-refractivity contribution in [3.63, 3.8) is 0 Å². The molecular weight excluding hydrogens is 364 g/mol. The Morgan fingerprint density at radius 2 is 2.03 bits per heavy atom. The van der Waals surface area contributed by atoms with Gasteiger partial charge in [0.25, 0.3) is 0 Å². The summed E-state index contributed by atoms with van der Waals surface area (Å²) >= 11 is 0. The number of nitrogens with zero attached hydrogens (tertiary/aromatic N) is 5. The first kappa shape index (κ1) is 19.5. The molecule has 2 heterocycles. The van der Waals surface area contributed by atoms with Gasteiger partial charge in [-0.25, -0.2) is 9.67 Å². The lowest BCUT2D eigenvalue weighted by Crippen LogP contribution is -2.41. The van der Waals surface area contributed by atoms with Crippen LogP contribution < -0.4 is 5.32 Å². The third-order valence-corrected chi connectivity index (χ3v) is 5.97. The van der Waals surface area contributed by atoms with E-state index in [4.69, 9.17) is 0 Å². The number of nitrogens with one attached hydrogen (secondary N) is 1. The highest BCUT2D eigenvalue weighted by Crippen LogP contribution is 2.31. The number of carbonyl (C=O) groups is 1. The Bertz CT molecular complexity index is 935. The summed E-state index contributed by atoms with van der Waals surface area (Å²) < 4.78 is 1.74. The highest BCUT2D eigenvalue weighted by Gasteiger charge is 2.33. The normalized spacial score (nSPS) is 18.6. The smallest absolute Gasteiger partial charge is 0.228 e. The fraction of sp³-hybridized carbons (Fsp3) is 0.455. The molecule has 2 aliphatic rings. The molecule has 1 amide bonds. The molecule has 0 unspecified atom stereocenters. The van der Waals surface area contributed by atoms with Gasteiger partial charge in [-0.3, -0.25) is 4.79 Å². The maximum Gasteiger partial charge on any atom is 0.228 e. The number of carbonyl (C=O) groups excluding carboxylic acids is 1. The third-order valence-electron chi connectivity index (χ3n) is 5.97. The fourth-order valence-corrected chi connectivity index (χ4v) is 3.97. The lowest BCUT2D eigenvalue weighted by molar-refractivity contribution is -0.125. The number of aromatic nitrogens is 3. The molecule has 1 saturated carbocycles. The van der Waals surface area contributed by atoms with Gasteiger partial charge in [0, 0.05) is 24.6 Å². The predicted octanol–water partition coefficient (Wildman–Crippen LogP) is 2.78. The van der Waals surface area contributed by atoms with E-state index in [2.05, 4.69) is 38.3 Å². The maximum atomic E-state index is 12.8. The van der Waals surface area contributed by atoms with Crippen LogP contribution in [0.5, 0.6) is 0 Å². The Hall–Kier alpha value is -2.80. The Morgan fingerprint density at radius 3 is 2.66 bits per heavy atom. The van der Waals surface area contributed by atoms with Crippen LogP contribution in [0.2, 0.25) is 0 Å². The number of likely N-dealkylation sites (tertiary alicyclic amines) is 1. The molecule has 29 heavy (non-hydrogen) atoms. The van der Waals surface area contributed by atoms with E-state index in [1.807, 2.05) is 32.2 Å². The number of hydrogen-bond donors (Lipinski definition) is 1. The van der Waals surface area contributed by atoms with Crippen LogP contribution in [0, 0.1) is 12.8 Å². The molecule has 0 bridgehead atoms. The average molecular weight is 393 g/mol. The first-order chi connectivity index (χ1) is 14.0. The van der Waals surface area contributed by atoms with E-state index in [0.29, 0.717) is 5.82 Å². The van der Waals surface area contributed by atoms with E-state index >= 15 is 0 Å². The monoisotopic (exact) mass is 392 g/mol. The van der Waals surface area contributed by atoms with Crippen molar-refractivity contribution in [1.82, 2.24) is 25.2 Å². The first-order valence-corrected chi connectivity index (χ1v) is 10.2. The number of aliphatic imine (C=N–C) groups is 1. The number of piperidine rings is 1. The molecule has 1 saturated heterocycles. The molecule has 1 aromatic carbocycles. The highest BCUT2D eigenvalue weighted by molar-refractivity contribution is 5.82. The fourth-order valence-electron chi connectivity index (χ4n) is 3.97. The summed E-state index contributed by atoms with van der Waals surface area (Å²) in [5.41, 5.74) is 4.02. The van der Waals surface area contributed by atoms with Crippen molar-refractivity contribution >= 4 is 18.7 Å². The standard InChI is InChI=1S/C22H28N6O/c1-15-4-5-17(20-14-24-26-27(20)3)12-18(15)13-21(23-2)25-22(29)16-8-10-28(11-9-16)19-6-7-19/h4-5,12-14,16,19H,2,6-11H2,1,3H3,(H,25,29)/b21-13+. The second kappa shape index (κ2) is 8.29. The summed E-state index contributed by atoms with van der Waals surface area (Å²) in [5.74, 6) is 0.579. The van der Waals surface area contributed by atoms with Gasteiger partial charge in [-0.15, -0.1) is 5.10 Å². The van der Waals surface area contributed by atoms with Crippen molar-refractivity contribution in [3.05, 3.63) is 41.3 Å². The molecular formula is C22H28N6O. The van der Waals surface area contributed by atoms with Gasteiger partial charge in [0.15, 0.2) is 0 Å². The van der Waals surface area contributed by atoms with Gasteiger partial charge in [-0.05, 0) is 75.7 Å². The van der Waals surface area contributed by atoms with E-state index < -0.39 is 0 Å². The van der Waals surface area contributed by atoms with Crippen molar-refractivity contribution in [2.45, 2.75) is 38.6 Å². The van der Waals surface area contributed by atoms with Crippen molar-refractivity contribution in [2.75, 3.05) is 13.1 Å². The van der Waals surface area contributed by atoms with Gasteiger partial charge in [0.1, 0.15) is 5.82 Å². The van der Waals surface area contributed by atoms with Crippen LogP contribution >= 0.6 is 0 Å². The predicted molar refractivity (Wildman–Crippen MR) is 114 cm³/mol. The van der Waals surface area contributed by atoms with Crippen molar-refractivity contribution in [2.24, 2.45) is 18.0 Å². The maximum absolute atomic E-state index is 12.8. The molecule has 1 aromatic heterocycles. The van der Waals surface area contributed by atoms with Crippen molar-refractivity contribution < 1.29 is 4.79 Å². The van der Waals surface area contributed by atoms with Gasteiger partial charge in [-0.2, -0.15) is 0 Å². The van der Waals surface area contributed by atoms with E-state index in [-0.39, 0.29) is 11.8 Å².